The number of thiophene rings is 1. The van der Waals surface area contributed by atoms with Crippen LogP contribution in [-0.2, 0) is 19.1 Å². The van der Waals surface area contributed by atoms with E-state index in [9.17, 15) is 19.6 Å². The van der Waals surface area contributed by atoms with Crippen LogP contribution in [0.3, 0.4) is 0 Å². The third kappa shape index (κ3) is 7.00. The van der Waals surface area contributed by atoms with Crippen LogP contribution in [0, 0.1) is 18.3 Å². The van der Waals surface area contributed by atoms with Crippen molar-refractivity contribution in [2.45, 2.75) is 20.8 Å². The van der Waals surface area contributed by atoms with E-state index in [1.165, 1.54) is 21.0 Å². The molecule has 12 heteroatoms. The van der Waals surface area contributed by atoms with Gasteiger partial charge in [-0.25, -0.2) is 0 Å². The summed E-state index contributed by atoms with van der Waals surface area (Å²) in [5, 5.41) is 17.9. The monoisotopic (exact) mass is 506 g/mol. The summed E-state index contributed by atoms with van der Waals surface area (Å²) in [6.45, 7) is 5.41. The Labute approximate surface area is 205 Å². The predicted octanol–water partition coefficient (Wildman–Crippen LogP) is 4.75. The number of aldehydes is 1. The maximum absolute atomic E-state index is 11.2. The zero-order valence-corrected chi connectivity index (χ0v) is 20.7. The van der Waals surface area contributed by atoms with Gasteiger partial charge in [-0.1, -0.05) is 11.6 Å². The van der Waals surface area contributed by atoms with Gasteiger partial charge in [0, 0.05) is 19.9 Å². The fourth-order valence-electron chi connectivity index (χ4n) is 2.89. The molecule has 2 aromatic rings. The van der Waals surface area contributed by atoms with Gasteiger partial charge in [0.05, 0.1) is 41.5 Å². The van der Waals surface area contributed by atoms with Crippen LogP contribution < -0.4 is 9.64 Å². The zero-order chi connectivity index (χ0) is 25.3. The highest BCUT2D eigenvalue weighted by atomic mass is 35.5. The highest BCUT2D eigenvalue weighted by Gasteiger charge is 2.18. The van der Waals surface area contributed by atoms with Crippen molar-refractivity contribution in [3.05, 3.63) is 33.2 Å². The number of nitrogens with zero attached hydrogens (tertiary/aromatic N) is 4. The first-order chi connectivity index (χ1) is 16.2. The summed E-state index contributed by atoms with van der Waals surface area (Å²) in [6, 6.07) is 5.42. The van der Waals surface area contributed by atoms with Gasteiger partial charge in [-0.2, -0.15) is 5.26 Å². The van der Waals surface area contributed by atoms with Crippen LogP contribution in [0.25, 0.3) is 0 Å². The first-order valence-corrected chi connectivity index (χ1v) is 11.2. The molecule has 0 saturated carbocycles. The Hall–Kier alpha value is -3.49. The maximum Gasteiger partial charge on any atom is 0.302 e. The number of halogens is 1. The van der Waals surface area contributed by atoms with Gasteiger partial charge in [0.1, 0.15) is 30.6 Å². The molecule has 0 amide bonds. The van der Waals surface area contributed by atoms with Crippen LogP contribution in [0.15, 0.2) is 22.4 Å². The zero-order valence-electron chi connectivity index (χ0n) is 19.1. The molecule has 1 aromatic carbocycles. The molecule has 0 bridgehead atoms. The summed E-state index contributed by atoms with van der Waals surface area (Å²) in [6.07, 6.45) is 0.566. The predicted molar refractivity (Wildman–Crippen MR) is 127 cm³/mol. The molecule has 0 aliphatic heterocycles. The number of aryl methyl sites for hydroxylation is 1. The van der Waals surface area contributed by atoms with Crippen LogP contribution in [0.4, 0.5) is 16.4 Å². The van der Waals surface area contributed by atoms with Gasteiger partial charge >= 0.3 is 11.9 Å². The van der Waals surface area contributed by atoms with Crippen molar-refractivity contribution in [1.82, 2.24) is 0 Å². The molecule has 0 radical (unpaired) electrons. The lowest BCUT2D eigenvalue weighted by Crippen LogP contribution is -2.32. The number of azo groups is 1. The molecule has 1 aromatic heterocycles. The van der Waals surface area contributed by atoms with Gasteiger partial charge in [-0.3, -0.25) is 14.4 Å². The van der Waals surface area contributed by atoms with Gasteiger partial charge in [0.2, 0.25) is 0 Å². The molecular formula is C22H23ClN4O6S. The summed E-state index contributed by atoms with van der Waals surface area (Å²) in [5.74, 6) is -0.340. The van der Waals surface area contributed by atoms with Crippen LogP contribution in [0.5, 0.6) is 5.75 Å². The Morgan fingerprint density at radius 3 is 2.29 bits per heavy atom. The minimum absolute atomic E-state index is 0.0531. The van der Waals surface area contributed by atoms with Crippen molar-refractivity contribution in [3.63, 3.8) is 0 Å². The second-order valence-electron chi connectivity index (χ2n) is 6.87. The molecule has 0 fully saturated rings. The number of nitriles is 1. The van der Waals surface area contributed by atoms with Crippen molar-refractivity contribution in [3.8, 4) is 11.8 Å². The van der Waals surface area contributed by atoms with E-state index in [0.29, 0.717) is 36.5 Å². The van der Waals surface area contributed by atoms with Gasteiger partial charge < -0.3 is 19.1 Å². The van der Waals surface area contributed by atoms with Crippen molar-refractivity contribution in [2.24, 2.45) is 10.2 Å². The minimum Gasteiger partial charge on any atom is -0.495 e. The average Bonchev–Trinajstić information content (AvgIpc) is 3.10. The molecule has 1 heterocycles. The van der Waals surface area contributed by atoms with E-state index in [2.05, 4.69) is 10.2 Å². The lowest BCUT2D eigenvalue weighted by molar-refractivity contribution is -0.141. The number of rotatable bonds is 11. The molecule has 34 heavy (non-hydrogen) atoms. The number of carbonyl (C=O) groups is 3. The average molecular weight is 507 g/mol. The second kappa shape index (κ2) is 12.7. The molecule has 0 unspecified atom stereocenters. The Balaban J connectivity index is 2.37. The number of ether oxygens (including phenoxy) is 3. The molecule has 0 saturated heterocycles. The number of esters is 2. The first-order valence-electron chi connectivity index (χ1n) is 10.0. The highest BCUT2D eigenvalue weighted by molar-refractivity contribution is 7.18. The summed E-state index contributed by atoms with van der Waals surface area (Å²) in [5.41, 5.74) is 1.97. The third-order valence-electron chi connectivity index (χ3n) is 4.49. The largest absolute Gasteiger partial charge is 0.495 e. The van der Waals surface area contributed by atoms with Gasteiger partial charge in [0.25, 0.3) is 0 Å². The van der Waals surface area contributed by atoms with E-state index in [1.54, 1.807) is 6.07 Å². The quantitative estimate of drug-likeness (QED) is 0.242. The number of benzene rings is 1. The van der Waals surface area contributed by atoms with Crippen LogP contribution in [0.1, 0.15) is 34.6 Å². The Kier molecular flexibility index (Phi) is 9.97. The van der Waals surface area contributed by atoms with E-state index >= 15 is 0 Å². The molecule has 0 atom stereocenters. The Bertz CT molecular complexity index is 1120. The van der Waals surface area contributed by atoms with E-state index in [-0.39, 0.29) is 33.7 Å². The molecule has 10 nitrogen and oxygen atoms in total. The topological polar surface area (TPSA) is 131 Å². The maximum atomic E-state index is 11.2. The van der Waals surface area contributed by atoms with E-state index in [4.69, 9.17) is 25.8 Å². The summed E-state index contributed by atoms with van der Waals surface area (Å²) < 4.78 is 15.6. The molecule has 0 spiro atoms. The highest BCUT2D eigenvalue weighted by Crippen LogP contribution is 2.40. The van der Waals surface area contributed by atoms with Crippen molar-refractivity contribution >= 4 is 57.5 Å². The third-order valence-corrected chi connectivity index (χ3v) is 6.00. The fraction of sp³-hybridized carbons (Fsp3) is 0.364. The summed E-state index contributed by atoms with van der Waals surface area (Å²) in [7, 11) is 1.49. The molecule has 2 rings (SSSR count). The van der Waals surface area contributed by atoms with Crippen molar-refractivity contribution in [2.75, 3.05) is 38.3 Å². The van der Waals surface area contributed by atoms with Gasteiger partial charge in [-0.15, -0.1) is 21.6 Å². The Morgan fingerprint density at radius 1 is 1.18 bits per heavy atom. The van der Waals surface area contributed by atoms with Crippen LogP contribution in [0.2, 0.25) is 5.02 Å². The van der Waals surface area contributed by atoms with E-state index < -0.39 is 11.9 Å². The lowest BCUT2D eigenvalue weighted by atomic mass is 10.1. The van der Waals surface area contributed by atoms with Crippen LogP contribution >= 0.6 is 22.9 Å². The number of anilines is 1. The number of hydrogen-bond acceptors (Lipinski definition) is 11. The van der Waals surface area contributed by atoms with Gasteiger partial charge in [-0.05, 0) is 18.6 Å². The lowest BCUT2D eigenvalue weighted by Gasteiger charge is -2.26. The normalized spacial score (nSPS) is 10.6. The van der Waals surface area contributed by atoms with Crippen molar-refractivity contribution < 1.29 is 28.6 Å². The smallest absolute Gasteiger partial charge is 0.302 e. The minimum atomic E-state index is -0.401. The number of methoxy groups -OCH3 is 1. The molecular weight excluding hydrogens is 484 g/mol. The summed E-state index contributed by atoms with van der Waals surface area (Å²) >= 11 is 7.01. The Morgan fingerprint density at radius 2 is 1.79 bits per heavy atom. The fourth-order valence-corrected chi connectivity index (χ4v) is 4.02. The first kappa shape index (κ1) is 26.8. The van der Waals surface area contributed by atoms with E-state index in [0.717, 1.165) is 16.9 Å². The molecule has 0 aliphatic carbocycles. The molecule has 0 N–H and O–H groups in total. The molecule has 180 valence electrons. The standard InChI is InChI=1S/C22H23ClN4O6S/c1-13-9-18(27(5-7-32-14(2)29)6-8-33-15(3)30)19(31-4)10-17(13)25-26-22-16(11-24)21(23)20(12-28)34-22/h9-10,12H,5-8H2,1-4H3. The van der Waals surface area contributed by atoms with E-state index in [1.807, 2.05) is 24.0 Å². The second-order valence-corrected chi connectivity index (χ2v) is 8.28. The summed E-state index contributed by atoms with van der Waals surface area (Å²) in [4.78, 5) is 35.5. The molecule has 0 aliphatic rings. The number of carbonyl (C=O) groups excluding carboxylic acids is 3. The SMILES string of the molecule is COc1cc(N=Nc2sc(C=O)c(Cl)c2C#N)c(C)cc1N(CCOC(C)=O)CCOC(C)=O. The van der Waals surface area contributed by atoms with Crippen LogP contribution in [-0.4, -0.2) is 51.6 Å². The number of hydrogen-bond donors (Lipinski definition) is 0. The van der Waals surface area contributed by atoms with Crippen molar-refractivity contribution in [1.29, 1.82) is 5.26 Å². The van der Waals surface area contributed by atoms with Gasteiger partial charge in [0.15, 0.2) is 11.3 Å².